The molecule has 1 heterocycles. The van der Waals surface area contributed by atoms with Crippen LogP contribution in [0.25, 0.3) is 0 Å². The summed E-state index contributed by atoms with van der Waals surface area (Å²) in [7, 11) is 0. The Labute approximate surface area is 127 Å². The molecular weight excluding hydrogens is 291 g/mol. The van der Waals surface area contributed by atoms with Gasteiger partial charge in [0.15, 0.2) is 0 Å². The molecule has 0 aliphatic carbocycles. The predicted octanol–water partition coefficient (Wildman–Crippen LogP) is 3.16. The number of hydrogen-bond acceptors (Lipinski definition) is 3. The van der Waals surface area contributed by atoms with E-state index < -0.39 is 5.82 Å². The van der Waals surface area contributed by atoms with Crippen molar-refractivity contribution in [3.05, 3.63) is 63.9 Å². The lowest BCUT2D eigenvalue weighted by Crippen LogP contribution is -2.29. The van der Waals surface area contributed by atoms with E-state index >= 15 is 0 Å². The van der Waals surface area contributed by atoms with Crippen molar-refractivity contribution in [2.45, 2.75) is 18.9 Å². The minimum atomic E-state index is -0.410. The minimum absolute atomic E-state index is 0.0579. The van der Waals surface area contributed by atoms with Gasteiger partial charge in [0.1, 0.15) is 11.6 Å². The van der Waals surface area contributed by atoms with Crippen LogP contribution in [-0.4, -0.2) is 6.61 Å². The molecule has 1 atom stereocenters. The number of benzene rings is 2. The van der Waals surface area contributed by atoms with Gasteiger partial charge in [-0.1, -0.05) is 29.8 Å². The first kappa shape index (κ1) is 14.3. The maximum atomic E-state index is 13.2. The molecule has 3 rings (SSSR count). The lowest BCUT2D eigenvalue weighted by molar-refractivity contribution is 0.356. The molecule has 0 amide bonds. The van der Waals surface area contributed by atoms with Crippen molar-refractivity contribution in [1.82, 2.24) is 5.43 Å². The van der Waals surface area contributed by atoms with Crippen LogP contribution in [0.15, 0.2) is 36.4 Å². The highest BCUT2D eigenvalue weighted by Gasteiger charge is 2.17. The first-order valence-corrected chi connectivity index (χ1v) is 7.21. The molecule has 0 bridgehead atoms. The fourth-order valence-corrected chi connectivity index (χ4v) is 2.80. The Morgan fingerprint density at radius 3 is 2.90 bits per heavy atom. The van der Waals surface area contributed by atoms with E-state index in [0.717, 1.165) is 29.9 Å². The van der Waals surface area contributed by atoms with Crippen molar-refractivity contribution < 1.29 is 9.13 Å². The van der Waals surface area contributed by atoms with Crippen molar-refractivity contribution in [2.75, 3.05) is 6.61 Å². The third-order valence-corrected chi connectivity index (χ3v) is 4.03. The van der Waals surface area contributed by atoms with Crippen LogP contribution in [0.2, 0.25) is 5.02 Å². The van der Waals surface area contributed by atoms with Crippen LogP contribution in [-0.2, 0) is 12.8 Å². The van der Waals surface area contributed by atoms with E-state index in [1.807, 2.05) is 12.1 Å². The van der Waals surface area contributed by atoms with Gasteiger partial charge < -0.3 is 4.74 Å². The summed E-state index contributed by atoms with van der Waals surface area (Å²) >= 11 is 5.82. The molecule has 1 aliphatic heterocycles. The van der Waals surface area contributed by atoms with E-state index in [2.05, 4.69) is 11.5 Å². The van der Waals surface area contributed by atoms with Crippen LogP contribution in [0.5, 0.6) is 5.75 Å². The molecule has 0 radical (unpaired) electrons. The zero-order chi connectivity index (χ0) is 14.8. The van der Waals surface area contributed by atoms with E-state index in [9.17, 15) is 4.39 Å². The topological polar surface area (TPSA) is 47.3 Å². The van der Waals surface area contributed by atoms with Crippen molar-refractivity contribution in [1.29, 1.82) is 0 Å². The van der Waals surface area contributed by atoms with Crippen molar-refractivity contribution in [3.8, 4) is 5.75 Å². The number of nitrogens with one attached hydrogen (secondary N) is 1. The van der Waals surface area contributed by atoms with Crippen LogP contribution in [0.1, 0.15) is 22.7 Å². The Morgan fingerprint density at radius 2 is 2.14 bits per heavy atom. The van der Waals surface area contributed by atoms with Crippen LogP contribution < -0.4 is 16.0 Å². The van der Waals surface area contributed by atoms with E-state index in [4.69, 9.17) is 22.2 Å². The molecule has 0 aromatic heterocycles. The van der Waals surface area contributed by atoms with E-state index in [-0.39, 0.29) is 11.1 Å². The van der Waals surface area contributed by atoms with Gasteiger partial charge >= 0.3 is 0 Å². The number of halogens is 2. The SMILES string of the molecule is NNC(Cc1ccc(F)c(Cl)c1)c1ccc2c(c1)CCO2. The molecular formula is C16H16ClFN2O. The van der Waals surface area contributed by atoms with Gasteiger partial charge in [-0.05, 0) is 41.3 Å². The third kappa shape index (κ3) is 3.02. The monoisotopic (exact) mass is 306 g/mol. The van der Waals surface area contributed by atoms with E-state index in [1.54, 1.807) is 12.1 Å². The third-order valence-electron chi connectivity index (χ3n) is 3.74. The second-order valence-corrected chi connectivity index (χ2v) is 5.54. The number of nitrogens with two attached hydrogens (primary N) is 1. The van der Waals surface area contributed by atoms with Crippen LogP contribution in [0.4, 0.5) is 4.39 Å². The Hall–Kier alpha value is -1.62. The summed E-state index contributed by atoms with van der Waals surface area (Å²) in [6.07, 6.45) is 1.55. The molecule has 5 heteroatoms. The standard InChI is InChI=1S/C16H16ClFN2O/c17-13-7-10(1-3-14(13)18)8-15(20-19)11-2-4-16-12(9-11)5-6-21-16/h1-4,7,9,15,20H,5-6,8,19H2. The van der Waals surface area contributed by atoms with Crippen molar-refractivity contribution >= 4 is 11.6 Å². The molecule has 2 aromatic rings. The molecule has 2 aromatic carbocycles. The van der Waals surface area contributed by atoms with Gasteiger partial charge in [-0.2, -0.15) is 0 Å². The van der Waals surface area contributed by atoms with Gasteiger partial charge in [0, 0.05) is 12.5 Å². The fourth-order valence-electron chi connectivity index (χ4n) is 2.60. The largest absolute Gasteiger partial charge is 0.493 e. The Balaban J connectivity index is 1.83. The number of fused-ring (bicyclic) bond motifs is 1. The minimum Gasteiger partial charge on any atom is -0.493 e. The zero-order valence-corrected chi connectivity index (χ0v) is 12.2. The molecule has 0 saturated carbocycles. The van der Waals surface area contributed by atoms with Gasteiger partial charge in [0.25, 0.3) is 0 Å². The average Bonchev–Trinajstić information content (AvgIpc) is 2.95. The summed E-state index contributed by atoms with van der Waals surface area (Å²) in [5.41, 5.74) is 6.03. The Morgan fingerprint density at radius 1 is 1.29 bits per heavy atom. The Bertz CT molecular complexity index is 663. The highest BCUT2D eigenvalue weighted by atomic mass is 35.5. The van der Waals surface area contributed by atoms with E-state index in [1.165, 1.54) is 11.6 Å². The van der Waals surface area contributed by atoms with Crippen LogP contribution in [0, 0.1) is 5.82 Å². The second-order valence-electron chi connectivity index (χ2n) is 5.14. The molecule has 3 N–H and O–H groups in total. The van der Waals surface area contributed by atoms with Crippen LogP contribution >= 0.6 is 11.6 Å². The van der Waals surface area contributed by atoms with Gasteiger partial charge in [0.2, 0.25) is 0 Å². The molecule has 0 saturated heterocycles. The maximum absolute atomic E-state index is 13.2. The summed E-state index contributed by atoms with van der Waals surface area (Å²) < 4.78 is 18.7. The number of hydrazine groups is 1. The van der Waals surface area contributed by atoms with Gasteiger partial charge in [-0.15, -0.1) is 0 Å². The Kier molecular flexibility index (Phi) is 4.10. The van der Waals surface area contributed by atoms with Crippen LogP contribution in [0.3, 0.4) is 0 Å². The summed E-state index contributed by atoms with van der Waals surface area (Å²) in [6, 6.07) is 10.8. The molecule has 0 spiro atoms. The number of rotatable bonds is 4. The highest BCUT2D eigenvalue weighted by Crippen LogP contribution is 2.29. The second kappa shape index (κ2) is 6.02. The summed E-state index contributed by atoms with van der Waals surface area (Å²) in [5, 5.41) is 0.130. The molecule has 1 unspecified atom stereocenters. The normalized spacial score (nSPS) is 14.6. The number of hydrogen-bond donors (Lipinski definition) is 2. The lowest BCUT2D eigenvalue weighted by atomic mass is 9.97. The average molecular weight is 307 g/mol. The van der Waals surface area contributed by atoms with Gasteiger partial charge in [0.05, 0.1) is 11.6 Å². The summed E-state index contributed by atoms with van der Waals surface area (Å²) in [5.74, 6) is 6.21. The van der Waals surface area contributed by atoms with Crippen molar-refractivity contribution in [3.63, 3.8) is 0 Å². The highest BCUT2D eigenvalue weighted by molar-refractivity contribution is 6.30. The predicted molar refractivity (Wildman–Crippen MR) is 80.8 cm³/mol. The first-order valence-electron chi connectivity index (χ1n) is 6.83. The molecule has 110 valence electrons. The maximum Gasteiger partial charge on any atom is 0.141 e. The lowest BCUT2D eigenvalue weighted by Gasteiger charge is -2.17. The van der Waals surface area contributed by atoms with E-state index in [0.29, 0.717) is 6.42 Å². The molecule has 3 nitrogen and oxygen atoms in total. The summed E-state index contributed by atoms with van der Waals surface area (Å²) in [4.78, 5) is 0. The quantitative estimate of drug-likeness (QED) is 0.674. The fraction of sp³-hybridized carbons (Fsp3) is 0.250. The zero-order valence-electron chi connectivity index (χ0n) is 11.4. The number of ether oxygens (including phenoxy) is 1. The summed E-state index contributed by atoms with van der Waals surface area (Å²) in [6.45, 7) is 0.729. The molecule has 1 aliphatic rings. The van der Waals surface area contributed by atoms with Crippen molar-refractivity contribution in [2.24, 2.45) is 5.84 Å². The molecule has 21 heavy (non-hydrogen) atoms. The molecule has 0 fully saturated rings. The smallest absolute Gasteiger partial charge is 0.141 e. The van der Waals surface area contributed by atoms with Gasteiger partial charge in [-0.25, -0.2) is 4.39 Å². The van der Waals surface area contributed by atoms with Gasteiger partial charge in [-0.3, -0.25) is 11.3 Å². The first-order chi connectivity index (χ1) is 10.2.